The topological polar surface area (TPSA) is 107 Å². The number of nitrogens with one attached hydrogen (secondary N) is 1. The summed E-state index contributed by atoms with van der Waals surface area (Å²) in [4.78, 5) is 37.0. The van der Waals surface area contributed by atoms with Crippen molar-refractivity contribution in [1.82, 2.24) is 10.2 Å². The highest BCUT2D eigenvalue weighted by Gasteiger charge is 2.55. The maximum Gasteiger partial charge on any atom is 0.330 e. The SMILES string of the molecule is O=C(Cc1ccccc1)N[C@@H]1C(=O)N2[C@@H](C(=O)O)C(CO)=CS[C@H]12. The zero-order chi connectivity index (χ0) is 17.3. The molecule has 1 fully saturated rings. The number of fused-ring (bicyclic) bond motifs is 1. The molecule has 1 aromatic rings. The van der Waals surface area contributed by atoms with Gasteiger partial charge in [0.1, 0.15) is 11.4 Å². The second kappa shape index (κ2) is 6.66. The summed E-state index contributed by atoms with van der Waals surface area (Å²) >= 11 is 1.23. The molecule has 7 nitrogen and oxygen atoms in total. The van der Waals surface area contributed by atoms with Gasteiger partial charge in [0.2, 0.25) is 11.8 Å². The van der Waals surface area contributed by atoms with Crippen LogP contribution in [0.2, 0.25) is 0 Å². The summed E-state index contributed by atoms with van der Waals surface area (Å²) in [5.74, 6) is -1.92. The number of carbonyl (C=O) groups is 3. The summed E-state index contributed by atoms with van der Waals surface area (Å²) in [5, 5.41) is 22.3. The number of benzene rings is 1. The molecule has 0 radical (unpaired) electrons. The lowest BCUT2D eigenvalue weighted by Gasteiger charge is -2.51. The van der Waals surface area contributed by atoms with Crippen LogP contribution in [0.3, 0.4) is 0 Å². The lowest BCUT2D eigenvalue weighted by molar-refractivity contribution is -0.160. The molecule has 2 aliphatic heterocycles. The molecular weight excluding hydrogens is 332 g/mol. The molecule has 0 bridgehead atoms. The van der Waals surface area contributed by atoms with Gasteiger partial charge >= 0.3 is 5.97 Å². The van der Waals surface area contributed by atoms with Gasteiger partial charge in [-0.1, -0.05) is 30.3 Å². The Hall–Kier alpha value is -2.32. The number of β-lactam (4-membered cyclic amide) rings is 1. The molecule has 0 saturated carbocycles. The number of carboxylic acid groups (broad SMARTS) is 1. The van der Waals surface area contributed by atoms with Crippen LogP contribution in [0.15, 0.2) is 41.3 Å². The lowest BCUT2D eigenvalue weighted by Crippen LogP contribution is -2.74. The minimum Gasteiger partial charge on any atom is -0.479 e. The van der Waals surface area contributed by atoms with Gasteiger partial charge in [-0.3, -0.25) is 9.59 Å². The van der Waals surface area contributed by atoms with Crippen LogP contribution in [0.4, 0.5) is 0 Å². The molecule has 2 aliphatic rings. The van der Waals surface area contributed by atoms with E-state index in [9.17, 15) is 24.6 Å². The summed E-state index contributed by atoms with van der Waals surface area (Å²) < 4.78 is 0. The zero-order valence-electron chi connectivity index (χ0n) is 12.6. The van der Waals surface area contributed by atoms with Crippen LogP contribution in [0.5, 0.6) is 0 Å². The number of carboxylic acids is 1. The zero-order valence-corrected chi connectivity index (χ0v) is 13.4. The molecule has 1 aromatic carbocycles. The minimum atomic E-state index is -1.19. The standard InChI is InChI=1S/C16H16N2O5S/c19-7-10-8-24-15-12(14(21)18(15)13(10)16(22)23)17-11(20)6-9-4-2-1-3-5-9/h1-5,8,12-13,15,19H,6-7H2,(H,17,20)(H,22,23)/t12-,13-,15-/m1/s1. The highest BCUT2D eigenvalue weighted by atomic mass is 32.2. The van der Waals surface area contributed by atoms with Crippen molar-refractivity contribution < 1.29 is 24.6 Å². The van der Waals surface area contributed by atoms with Gasteiger partial charge in [0.25, 0.3) is 0 Å². The predicted octanol–water partition coefficient (Wildman–Crippen LogP) is -0.0416. The third-order valence-corrected chi connectivity index (χ3v) is 5.23. The van der Waals surface area contributed by atoms with Crippen molar-refractivity contribution in [2.24, 2.45) is 0 Å². The maximum absolute atomic E-state index is 12.3. The average molecular weight is 348 g/mol. The molecule has 0 unspecified atom stereocenters. The normalized spacial score (nSPS) is 25.4. The fourth-order valence-electron chi connectivity index (χ4n) is 2.85. The Morgan fingerprint density at radius 2 is 1.96 bits per heavy atom. The summed E-state index contributed by atoms with van der Waals surface area (Å²) in [6.07, 6.45) is 0.155. The van der Waals surface area contributed by atoms with E-state index in [-0.39, 0.29) is 17.9 Å². The number of hydrogen-bond acceptors (Lipinski definition) is 5. The van der Waals surface area contributed by atoms with Crippen LogP contribution >= 0.6 is 11.8 Å². The Labute approximate surface area is 142 Å². The Kier molecular flexibility index (Phi) is 4.59. The van der Waals surface area contributed by atoms with Crippen molar-refractivity contribution in [3.63, 3.8) is 0 Å². The smallest absolute Gasteiger partial charge is 0.330 e. The van der Waals surface area contributed by atoms with Crippen LogP contribution < -0.4 is 5.32 Å². The highest BCUT2D eigenvalue weighted by molar-refractivity contribution is 8.02. The Morgan fingerprint density at radius 3 is 2.58 bits per heavy atom. The molecule has 1 saturated heterocycles. The van der Waals surface area contributed by atoms with Crippen LogP contribution in [0.1, 0.15) is 5.56 Å². The van der Waals surface area contributed by atoms with Crippen molar-refractivity contribution >= 4 is 29.5 Å². The minimum absolute atomic E-state index is 0.155. The van der Waals surface area contributed by atoms with Crippen LogP contribution in [-0.4, -0.2) is 57.0 Å². The fraction of sp³-hybridized carbons (Fsp3) is 0.312. The van der Waals surface area contributed by atoms with Crippen LogP contribution in [0.25, 0.3) is 0 Å². The number of nitrogens with zero attached hydrogens (tertiary/aromatic N) is 1. The molecule has 3 N–H and O–H groups in total. The van der Waals surface area contributed by atoms with E-state index in [4.69, 9.17) is 0 Å². The molecule has 0 spiro atoms. The summed E-state index contributed by atoms with van der Waals surface area (Å²) in [6, 6.07) is 7.23. The molecule has 0 aromatic heterocycles. The van der Waals surface area contributed by atoms with E-state index in [1.807, 2.05) is 30.3 Å². The Balaban J connectivity index is 1.68. The molecular formula is C16H16N2O5S. The van der Waals surface area contributed by atoms with E-state index in [0.717, 1.165) is 5.56 Å². The maximum atomic E-state index is 12.3. The van der Waals surface area contributed by atoms with Crippen molar-refractivity contribution in [3.8, 4) is 0 Å². The fourth-order valence-corrected chi connectivity index (χ4v) is 4.06. The number of thioether (sulfide) groups is 1. The molecule has 126 valence electrons. The van der Waals surface area contributed by atoms with E-state index < -0.39 is 35.9 Å². The van der Waals surface area contributed by atoms with E-state index >= 15 is 0 Å². The molecule has 2 heterocycles. The first-order chi connectivity index (χ1) is 11.5. The van der Waals surface area contributed by atoms with Crippen molar-refractivity contribution in [1.29, 1.82) is 0 Å². The summed E-state index contributed by atoms with van der Waals surface area (Å²) in [5.41, 5.74) is 1.10. The van der Waals surface area contributed by atoms with E-state index in [1.165, 1.54) is 16.7 Å². The monoisotopic (exact) mass is 348 g/mol. The number of amides is 2. The van der Waals surface area contributed by atoms with Gasteiger partial charge in [-0.15, -0.1) is 11.8 Å². The first-order valence-electron chi connectivity index (χ1n) is 7.36. The molecule has 3 rings (SSSR count). The van der Waals surface area contributed by atoms with Crippen molar-refractivity contribution in [2.45, 2.75) is 23.9 Å². The van der Waals surface area contributed by atoms with Crippen molar-refractivity contribution in [2.75, 3.05) is 6.61 Å². The van der Waals surface area contributed by atoms with Gasteiger partial charge in [-0.2, -0.15) is 0 Å². The molecule has 0 aliphatic carbocycles. The van der Waals surface area contributed by atoms with Crippen LogP contribution in [-0.2, 0) is 20.8 Å². The van der Waals surface area contributed by atoms with Gasteiger partial charge in [0, 0.05) is 0 Å². The summed E-state index contributed by atoms with van der Waals surface area (Å²) in [7, 11) is 0. The first kappa shape index (κ1) is 16.5. The van der Waals surface area contributed by atoms with Crippen molar-refractivity contribution in [3.05, 3.63) is 46.9 Å². The molecule has 2 amide bonds. The van der Waals surface area contributed by atoms with Gasteiger partial charge in [-0.25, -0.2) is 4.79 Å². The third-order valence-electron chi connectivity index (χ3n) is 4.01. The number of hydrogen-bond donors (Lipinski definition) is 3. The Morgan fingerprint density at radius 1 is 1.25 bits per heavy atom. The number of aliphatic hydroxyl groups is 1. The summed E-state index contributed by atoms with van der Waals surface area (Å²) in [6.45, 7) is -0.425. The second-order valence-electron chi connectivity index (χ2n) is 5.57. The lowest BCUT2D eigenvalue weighted by atomic mass is 9.98. The first-order valence-corrected chi connectivity index (χ1v) is 8.30. The molecule has 3 atom stereocenters. The van der Waals surface area contributed by atoms with Gasteiger partial charge in [-0.05, 0) is 16.5 Å². The number of carbonyl (C=O) groups excluding carboxylic acids is 2. The Bertz CT molecular complexity index is 706. The predicted molar refractivity (Wildman–Crippen MR) is 86.9 cm³/mol. The van der Waals surface area contributed by atoms with Gasteiger partial charge < -0.3 is 20.4 Å². The number of aliphatic hydroxyl groups excluding tert-OH is 1. The number of rotatable bonds is 5. The average Bonchev–Trinajstić information content (AvgIpc) is 2.58. The van der Waals surface area contributed by atoms with Crippen LogP contribution in [0, 0.1) is 0 Å². The molecule has 8 heteroatoms. The van der Waals surface area contributed by atoms with Gasteiger partial charge in [0.05, 0.1) is 13.0 Å². The largest absolute Gasteiger partial charge is 0.479 e. The van der Waals surface area contributed by atoms with E-state index in [1.54, 1.807) is 5.41 Å². The van der Waals surface area contributed by atoms with Gasteiger partial charge in [0.15, 0.2) is 6.04 Å². The third kappa shape index (κ3) is 2.90. The van der Waals surface area contributed by atoms with E-state index in [2.05, 4.69) is 5.32 Å². The molecule has 24 heavy (non-hydrogen) atoms. The quantitative estimate of drug-likeness (QED) is 0.645. The highest BCUT2D eigenvalue weighted by Crippen LogP contribution is 2.39. The second-order valence-corrected chi connectivity index (χ2v) is 6.56. The van der Waals surface area contributed by atoms with E-state index in [0.29, 0.717) is 0 Å². The number of aliphatic carboxylic acids is 1.